The highest BCUT2D eigenvalue weighted by Gasteiger charge is 2.26. The van der Waals surface area contributed by atoms with Gasteiger partial charge < -0.3 is 21.3 Å². The Kier molecular flexibility index (Phi) is 6.00. The van der Waals surface area contributed by atoms with Crippen LogP contribution in [0.2, 0.25) is 0 Å². The number of nitrogens with two attached hydrogens (primary N) is 1. The summed E-state index contributed by atoms with van der Waals surface area (Å²) < 4.78 is 0. The Morgan fingerprint density at radius 1 is 1.00 bits per heavy atom. The molecule has 0 radical (unpaired) electrons. The number of benzene rings is 3. The van der Waals surface area contributed by atoms with Gasteiger partial charge in [-0.2, -0.15) is 0 Å². The fraction of sp³-hybridized carbons (Fsp3) is 0.200. The van der Waals surface area contributed by atoms with Crippen molar-refractivity contribution in [3.63, 3.8) is 0 Å². The van der Waals surface area contributed by atoms with E-state index >= 15 is 0 Å². The molecule has 3 aromatic carbocycles. The Labute approximate surface area is 182 Å². The molecule has 4 N–H and O–H groups in total. The van der Waals surface area contributed by atoms with Crippen LogP contribution in [0.15, 0.2) is 72.8 Å². The number of amides is 3. The van der Waals surface area contributed by atoms with E-state index < -0.39 is 6.04 Å². The molecule has 0 bridgehead atoms. The molecule has 31 heavy (non-hydrogen) atoms. The molecule has 3 amide bonds. The highest BCUT2D eigenvalue weighted by Crippen LogP contribution is 2.28. The topological polar surface area (TPSA) is 87.5 Å². The van der Waals surface area contributed by atoms with E-state index in [2.05, 4.69) is 16.7 Å². The van der Waals surface area contributed by atoms with Gasteiger partial charge in [0.1, 0.15) is 0 Å². The van der Waals surface area contributed by atoms with Crippen LogP contribution in [0.4, 0.5) is 10.5 Å². The molecule has 0 aromatic heterocycles. The second-order valence-electron chi connectivity index (χ2n) is 7.72. The predicted molar refractivity (Wildman–Crippen MR) is 122 cm³/mol. The molecule has 0 spiro atoms. The molecular formula is C25H26N4O2. The first kappa shape index (κ1) is 20.6. The van der Waals surface area contributed by atoms with Crippen LogP contribution < -0.4 is 16.4 Å². The Bertz CT molecular complexity index is 1090. The SMILES string of the molecule is CNC(=O)Nc1ccccc1-c1ccc(CN2Cc3ccccc3CC(N)C2=O)cc1. The average molecular weight is 415 g/mol. The van der Waals surface area contributed by atoms with Gasteiger partial charge in [0.15, 0.2) is 0 Å². The van der Waals surface area contributed by atoms with Crippen LogP contribution in [0, 0.1) is 0 Å². The van der Waals surface area contributed by atoms with Gasteiger partial charge in [-0.25, -0.2) is 4.79 Å². The Hall–Kier alpha value is -3.64. The molecule has 0 saturated carbocycles. The average Bonchev–Trinajstić information content (AvgIpc) is 2.91. The number of nitrogens with zero attached hydrogens (tertiary/aromatic N) is 1. The van der Waals surface area contributed by atoms with Gasteiger partial charge in [0.05, 0.1) is 11.7 Å². The van der Waals surface area contributed by atoms with E-state index in [0.29, 0.717) is 19.5 Å². The molecular weight excluding hydrogens is 388 g/mol. The maximum absolute atomic E-state index is 12.8. The Morgan fingerprint density at radius 2 is 1.68 bits per heavy atom. The van der Waals surface area contributed by atoms with E-state index in [-0.39, 0.29) is 11.9 Å². The number of rotatable bonds is 4. The Morgan fingerprint density at radius 3 is 2.42 bits per heavy atom. The van der Waals surface area contributed by atoms with Crippen molar-refractivity contribution < 1.29 is 9.59 Å². The summed E-state index contributed by atoms with van der Waals surface area (Å²) in [6.07, 6.45) is 0.569. The van der Waals surface area contributed by atoms with Crippen molar-refractivity contribution in [3.05, 3.63) is 89.5 Å². The summed E-state index contributed by atoms with van der Waals surface area (Å²) in [7, 11) is 1.58. The van der Waals surface area contributed by atoms with Gasteiger partial charge in [-0.15, -0.1) is 0 Å². The number of urea groups is 1. The summed E-state index contributed by atoms with van der Waals surface area (Å²) in [5.74, 6) is -0.0274. The third-order valence-electron chi connectivity index (χ3n) is 5.59. The smallest absolute Gasteiger partial charge is 0.318 e. The minimum atomic E-state index is -0.523. The molecule has 3 aromatic rings. The summed E-state index contributed by atoms with van der Waals surface area (Å²) >= 11 is 0. The minimum Gasteiger partial charge on any atom is -0.341 e. The second-order valence-corrected chi connectivity index (χ2v) is 7.72. The molecule has 6 nitrogen and oxygen atoms in total. The molecule has 158 valence electrons. The second kappa shape index (κ2) is 9.02. The summed E-state index contributed by atoms with van der Waals surface area (Å²) in [6.45, 7) is 1.06. The lowest BCUT2D eigenvalue weighted by molar-refractivity contribution is -0.133. The number of hydrogen-bond acceptors (Lipinski definition) is 3. The van der Waals surface area contributed by atoms with E-state index in [0.717, 1.165) is 33.5 Å². The number of hydrogen-bond donors (Lipinski definition) is 3. The summed E-state index contributed by atoms with van der Waals surface area (Å²) in [5.41, 5.74) is 12.1. The first-order valence-electron chi connectivity index (χ1n) is 10.3. The fourth-order valence-corrected chi connectivity index (χ4v) is 3.93. The molecule has 1 heterocycles. The first-order chi connectivity index (χ1) is 15.0. The van der Waals surface area contributed by atoms with E-state index in [1.807, 2.05) is 71.6 Å². The highest BCUT2D eigenvalue weighted by molar-refractivity contribution is 5.94. The van der Waals surface area contributed by atoms with Crippen molar-refractivity contribution in [2.45, 2.75) is 25.6 Å². The fourth-order valence-electron chi connectivity index (χ4n) is 3.93. The third-order valence-corrected chi connectivity index (χ3v) is 5.59. The standard InChI is InChI=1S/C25H26N4O2/c1-27-25(31)28-23-9-5-4-8-21(23)18-12-10-17(11-13-18)15-29-16-20-7-3-2-6-19(20)14-22(26)24(29)30/h2-13,22H,14-16,26H2,1H3,(H2,27,28,31). The van der Waals surface area contributed by atoms with Crippen molar-refractivity contribution in [1.29, 1.82) is 0 Å². The highest BCUT2D eigenvalue weighted by atomic mass is 16.2. The van der Waals surface area contributed by atoms with Crippen molar-refractivity contribution in [2.75, 3.05) is 12.4 Å². The van der Waals surface area contributed by atoms with Crippen molar-refractivity contribution in [2.24, 2.45) is 5.73 Å². The predicted octanol–water partition coefficient (Wildman–Crippen LogP) is 3.52. The lowest BCUT2D eigenvalue weighted by Gasteiger charge is -2.23. The molecule has 0 aliphatic carbocycles. The summed E-state index contributed by atoms with van der Waals surface area (Å²) in [6, 6.07) is 23.0. The van der Waals surface area contributed by atoms with E-state index in [4.69, 9.17) is 5.73 Å². The van der Waals surface area contributed by atoms with Gasteiger partial charge in [-0.3, -0.25) is 4.79 Å². The van der Waals surface area contributed by atoms with Gasteiger partial charge in [0, 0.05) is 25.7 Å². The number of fused-ring (bicyclic) bond motifs is 1. The molecule has 6 heteroatoms. The zero-order valence-electron chi connectivity index (χ0n) is 17.5. The van der Waals surface area contributed by atoms with Crippen LogP contribution in [-0.2, 0) is 24.3 Å². The number of nitrogens with one attached hydrogen (secondary N) is 2. The third kappa shape index (κ3) is 4.59. The van der Waals surface area contributed by atoms with Crippen LogP contribution >= 0.6 is 0 Å². The van der Waals surface area contributed by atoms with Crippen molar-refractivity contribution in [3.8, 4) is 11.1 Å². The van der Waals surface area contributed by atoms with Crippen LogP contribution in [0.25, 0.3) is 11.1 Å². The van der Waals surface area contributed by atoms with Crippen LogP contribution in [-0.4, -0.2) is 29.9 Å². The van der Waals surface area contributed by atoms with Crippen molar-refractivity contribution >= 4 is 17.6 Å². The molecule has 1 aliphatic heterocycles. The lowest BCUT2D eigenvalue weighted by atomic mass is 10.0. The van der Waals surface area contributed by atoms with Crippen LogP contribution in [0.5, 0.6) is 0 Å². The molecule has 0 fully saturated rings. The number of para-hydroxylation sites is 1. The van der Waals surface area contributed by atoms with Crippen LogP contribution in [0.1, 0.15) is 16.7 Å². The maximum atomic E-state index is 12.8. The minimum absolute atomic E-state index is 0.0274. The number of anilines is 1. The van der Waals surface area contributed by atoms with Gasteiger partial charge in [0.25, 0.3) is 0 Å². The molecule has 4 rings (SSSR count). The van der Waals surface area contributed by atoms with E-state index in [1.165, 1.54) is 0 Å². The molecule has 1 atom stereocenters. The van der Waals surface area contributed by atoms with Gasteiger partial charge in [0.2, 0.25) is 5.91 Å². The largest absolute Gasteiger partial charge is 0.341 e. The molecule has 1 aliphatic rings. The first-order valence-corrected chi connectivity index (χ1v) is 10.3. The van der Waals surface area contributed by atoms with Gasteiger partial charge >= 0.3 is 6.03 Å². The van der Waals surface area contributed by atoms with Crippen molar-refractivity contribution in [1.82, 2.24) is 10.2 Å². The summed E-state index contributed by atoms with van der Waals surface area (Å²) in [4.78, 5) is 26.4. The quantitative estimate of drug-likeness (QED) is 0.610. The number of carbonyl (C=O) groups excluding carboxylic acids is 2. The lowest BCUT2D eigenvalue weighted by Crippen LogP contribution is -2.42. The molecule has 1 unspecified atom stereocenters. The zero-order chi connectivity index (χ0) is 21.8. The zero-order valence-corrected chi connectivity index (χ0v) is 17.5. The Balaban J connectivity index is 1.54. The maximum Gasteiger partial charge on any atom is 0.318 e. The van der Waals surface area contributed by atoms with Gasteiger partial charge in [-0.1, -0.05) is 66.7 Å². The van der Waals surface area contributed by atoms with Gasteiger partial charge in [-0.05, 0) is 34.7 Å². The molecule has 0 saturated heterocycles. The number of carbonyl (C=O) groups is 2. The van der Waals surface area contributed by atoms with Crippen LogP contribution in [0.3, 0.4) is 0 Å². The normalized spacial score (nSPS) is 15.7. The van der Waals surface area contributed by atoms with E-state index in [9.17, 15) is 9.59 Å². The van der Waals surface area contributed by atoms with E-state index in [1.54, 1.807) is 7.05 Å². The monoisotopic (exact) mass is 414 g/mol. The summed E-state index contributed by atoms with van der Waals surface area (Å²) in [5, 5.41) is 5.42.